The molecular formula is C18H12BrF6N5O2. The summed E-state index contributed by atoms with van der Waals surface area (Å²) in [6.45, 7) is -4.89. The molecule has 0 spiro atoms. The Morgan fingerprint density at radius 1 is 1.25 bits per heavy atom. The lowest BCUT2D eigenvalue weighted by Crippen LogP contribution is -2.24. The SMILES string of the molecule is NC(=O)c1cc(-c2ccnc(N(OC(F)F)c3cc(Br)ccc3F)n2)n(CC(F)(F)F)c1. The smallest absolute Gasteiger partial charge is 0.366 e. The van der Waals surface area contributed by atoms with Gasteiger partial charge in [-0.05, 0) is 30.3 Å². The maximum Gasteiger partial charge on any atom is 0.406 e. The van der Waals surface area contributed by atoms with E-state index >= 15 is 0 Å². The van der Waals surface area contributed by atoms with E-state index in [-0.39, 0.29) is 17.0 Å². The summed E-state index contributed by atoms with van der Waals surface area (Å²) in [6, 6.07) is 5.63. The molecule has 0 fully saturated rings. The Morgan fingerprint density at radius 3 is 2.59 bits per heavy atom. The van der Waals surface area contributed by atoms with Crippen LogP contribution in [0.4, 0.5) is 38.0 Å². The van der Waals surface area contributed by atoms with E-state index in [1.54, 1.807) is 0 Å². The number of carbonyl (C=O) groups excluding carboxylic acids is 1. The number of amides is 1. The molecule has 0 bridgehead atoms. The fourth-order valence-corrected chi connectivity index (χ4v) is 3.06. The summed E-state index contributed by atoms with van der Waals surface area (Å²) in [4.78, 5) is 23.5. The van der Waals surface area contributed by atoms with Gasteiger partial charge in [0.15, 0.2) is 0 Å². The lowest BCUT2D eigenvalue weighted by molar-refractivity contribution is -0.140. The van der Waals surface area contributed by atoms with Gasteiger partial charge in [0.2, 0.25) is 5.91 Å². The Hall–Kier alpha value is -3.13. The maximum absolute atomic E-state index is 14.3. The van der Waals surface area contributed by atoms with Crippen LogP contribution in [0.25, 0.3) is 11.4 Å². The number of halogens is 7. The molecule has 3 rings (SSSR count). The van der Waals surface area contributed by atoms with E-state index in [1.165, 1.54) is 12.1 Å². The van der Waals surface area contributed by atoms with Gasteiger partial charge in [0, 0.05) is 16.9 Å². The fourth-order valence-electron chi connectivity index (χ4n) is 2.71. The van der Waals surface area contributed by atoms with Crippen LogP contribution in [0.2, 0.25) is 0 Å². The second-order valence-electron chi connectivity index (χ2n) is 6.22. The van der Waals surface area contributed by atoms with Crippen molar-refractivity contribution in [1.82, 2.24) is 14.5 Å². The van der Waals surface area contributed by atoms with E-state index in [0.29, 0.717) is 14.1 Å². The molecule has 32 heavy (non-hydrogen) atoms. The van der Waals surface area contributed by atoms with Crippen LogP contribution < -0.4 is 10.8 Å². The molecule has 0 radical (unpaired) electrons. The average Bonchev–Trinajstić information content (AvgIpc) is 3.10. The third kappa shape index (κ3) is 5.56. The van der Waals surface area contributed by atoms with Crippen LogP contribution in [0.5, 0.6) is 0 Å². The van der Waals surface area contributed by atoms with Gasteiger partial charge in [-0.3, -0.25) is 4.79 Å². The number of nitrogens with two attached hydrogens (primary N) is 1. The first-order chi connectivity index (χ1) is 14.9. The summed E-state index contributed by atoms with van der Waals surface area (Å²) in [5, 5.41) is 0.306. The molecule has 1 aromatic carbocycles. The average molecular weight is 524 g/mol. The van der Waals surface area contributed by atoms with E-state index in [4.69, 9.17) is 5.73 Å². The van der Waals surface area contributed by atoms with Crippen molar-refractivity contribution in [2.75, 3.05) is 5.06 Å². The number of rotatable bonds is 7. The molecule has 1 amide bonds. The number of hydrogen-bond donors (Lipinski definition) is 1. The summed E-state index contributed by atoms with van der Waals surface area (Å²) in [6.07, 6.45) is -2.72. The van der Waals surface area contributed by atoms with Gasteiger partial charge >= 0.3 is 12.8 Å². The molecule has 0 aliphatic heterocycles. The van der Waals surface area contributed by atoms with Crippen molar-refractivity contribution in [2.24, 2.45) is 5.73 Å². The fraction of sp³-hybridized carbons (Fsp3) is 0.167. The Bertz CT molecular complexity index is 1140. The largest absolute Gasteiger partial charge is 0.406 e. The molecular weight excluding hydrogens is 512 g/mol. The Morgan fingerprint density at radius 2 is 1.97 bits per heavy atom. The van der Waals surface area contributed by atoms with E-state index in [1.807, 2.05) is 0 Å². The van der Waals surface area contributed by atoms with Gasteiger partial charge in [-0.2, -0.15) is 31.9 Å². The van der Waals surface area contributed by atoms with Gasteiger partial charge in [0.05, 0.1) is 17.0 Å². The van der Waals surface area contributed by atoms with Crippen LogP contribution in [0.3, 0.4) is 0 Å². The van der Waals surface area contributed by atoms with Crippen LogP contribution in [-0.4, -0.2) is 33.2 Å². The lowest BCUT2D eigenvalue weighted by Gasteiger charge is -2.22. The van der Waals surface area contributed by atoms with Crippen LogP contribution >= 0.6 is 15.9 Å². The zero-order valence-electron chi connectivity index (χ0n) is 15.7. The van der Waals surface area contributed by atoms with Crippen LogP contribution in [-0.2, 0) is 11.4 Å². The molecule has 7 nitrogen and oxygen atoms in total. The van der Waals surface area contributed by atoms with Crippen LogP contribution in [0.1, 0.15) is 10.4 Å². The minimum absolute atomic E-state index is 0.190. The molecule has 14 heteroatoms. The third-order valence-electron chi connectivity index (χ3n) is 3.93. The topological polar surface area (TPSA) is 86.3 Å². The number of nitrogens with zero attached hydrogens (tertiary/aromatic N) is 4. The monoisotopic (exact) mass is 523 g/mol. The predicted molar refractivity (Wildman–Crippen MR) is 103 cm³/mol. The molecule has 2 aromatic heterocycles. The second-order valence-corrected chi connectivity index (χ2v) is 7.14. The van der Waals surface area contributed by atoms with Crippen LogP contribution in [0, 0.1) is 5.82 Å². The van der Waals surface area contributed by atoms with E-state index in [9.17, 15) is 31.1 Å². The highest BCUT2D eigenvalue weighted by molar-refractivity contribution is 9.10. The van der Waals surface area contributed by atoms with Gasteiger partial charge in [0.25, 0.3) is 5.95 Å². The summed E-state index contributed by atoms with van der Waals surface area (Å²) in [5.74, 6) is -2.54. The second kappa shape index (κ2) is 9.16. The standard InChI is InChI=1S/C18H12BrF6N5O2/c19-10-1-2-11(20)13(6-10)30(32-16(21)22)17-27-4-3-12(28-17)14-5-9(15(26)31)7-29(14)8-18(23,24)25/h1-7,16H,8H2,(H2,26,31). The summed E-state index contributed by atoms with van der Waals surface area (Å²) < 4.78 is 80.2. The highest BCUT2D eigenvalue weighted by Gasteiger charge is 2.30. The summed E-state index contributed by atoms with van der Waals surface area (Å²) in [5.41, 5.74) is 4.04. The molecule has 0 saturated carbocycles. The number of anilines is 2. The van der Waals surface area contributed by atoms with E-state index in [0.717, 1.165) is 30.6 Å². The summed E-state index contributed by atoms with van der Waals surface area (Å²) in [7, 11) is 0. The third-order valence-corrected chi connectivity index (χ3v) is 4.42. The van der Waals surface area contributed by atoms with Crippen molar-refractivity contribution in [3.05, 3.63) is 58.6 Å². The molecule has 3 aromatic rings. The number of carbonyl (C=O) groups is 1. The highest BCUT2D eigenvalue weighted by Crippen LogP contribution is 2.32. The minimum atomic E-state index is -4.65. The van der Waals surface area contributed by atoms with Crippen molar-refractivity contribution in [2.45, 2.75) is 19.3 Å². The first-order valence-corrected chi connectivity index (χ1v) is 9.34. The number of alkyl halides is 5. The van der Waals surface area contributed by atoms with Gasteiger partial charge in [-0.15, -0.1) is 0 Å². The zero-order valence-corrected chi connectivity index (χ0v) is 17.2. The van der Waals surface area contributed by atoms with Gasteiger partial charge in [0.1, 0.15) is 18.0 Å². The normalized spacial score (nSPS) is 11.8. The zero-order chi connectivity index (χ0) is 23.6. The van der Waals surface area contributed by atoms with Gasteiger partial charge in [-0.25, -0.2) is 14.4 Å². The number of aromatic nitrogens is 3. The molecule has 0 aliphatic rings. The maximum atomic E-state index is 14.3. The van der Waals surface area contributed by atoms with E-state index in [2.05, 4.69) is 30.7 Å². The van der Waals surface area contributed by atoms with Crippen molar-refractivity contribution in [3.8, 4) is 11.4 Å². The Labute approximate surface area is 184 Å². The van der Waals surface area contributed by atoms with Crippen molar-refractivity contribution < 1.29 is 36.0 Å². The molecule has 0 aliphatic carbocycles. The molecule has 0 atom stereocenters. The molecule has 2 heterocycles. The lowest BCUT2D eigenvalue weighted by atomic mass is 10.2. The Kier molecular flexibility index (Phi) is 6.74. The number of hydrogen-bond acceptors (Lipinski definition) is 5. The summed E-state index contributed by atoms with van der Waals surface area (Å²) >= 11 is 3.08. The quantitative estimate of drug-likeness (QED) is 0.355. The highest BCUT2D eigenvalue weighted by atomic mass is 79.9. The number of benzene rings is 1. The molecule has 170 valence electrons. The first-order valence-electron chi connectivity index (χ1n) is 8.55. The molecule has 0 saturated heterocycles. The van der Waals surface area contributed by atoms with E-state index < -0.39 is 42.7 Å². The van der Waals surface area contributed by atoms with Crippen molar-refractivity contribution in [1.29, 1.82) is 0 Å². The number of primary amides is 1. The van der Waals surface area contributed by atoms with Crippen LogP contribution in [0.15, 0.2) is 47.2 Å². The molecule has 0 unspecified atom stereocenters. The van der Waals surface area contributed by atoms with Crippen molar-refractivity contribution >= 4 is 33.5 Å². The van der Waals surface area contributed by atoms with Gasteiger partial charge in [-0.1, -0.05) is 15.9 Å². The first kappa shape index (κ1) is 23.5. The van der Waals surface area contributed by atoms with Gasteiger partial charge < -0.3 is 10.3 Å². The Balaban J connectivity index is 2.12. The predicted octanol–water partition coefficient (Wildman–Crippen LogP) is 4.80. The van der Waals surface area contributed by atoms with Crippen molar-refractivity contribution in [3.63, 3.8) is 0 Å². The molecule has 2 N–H and O–H groups in total. The minimum Gasteiger partial charge on any atom is -0.366 e.